The van der Waals surface area contributed by atoms with Crippen molar-refractivity contribution in [2.24, 2.45) is 0 Å². The molecular formula is C30H39BrN6O4. The molecule has 3 heterocycles. The Morgan fingerprint density at radius 1 is 1.07 bits per heavy atom. The van der Waals surface area contributed by atoms with E-state index in [1.165, 1.54) is 19.3 Å². The zero-order chi connectivity index (χ0) is 28.9. The van der Waals surface area contributed by atoms with Crippen LogP contribution in [0.15, 0.2) is 34.8 Å². The van der Waals surface area contributed by atoms with Crippen LogP contribution in [0.2, 0.25) is 0 Å². The number of nitrogens with one attached hydrogen (secondary N) is 2. The fraction of sp³-hybridized carbons (Fsp3) is 0.500. The highest BCUT2D eigenvalue weighted by Crippen LogP contribution is 2.29. The Kier molecular flexibility index (Phi) is 9.34. The van der Waals surface area contributed by atoms with Crippen molar-refractivity contribution < 1.29 is 19.1 Å². The number of anilines is 2. The summed E-state index contributed by atoms with van der Waals surface area (Å²) in [6, 6.07) is 9.17. The molecule has 2 fully saturated rings. The second-order valence-corrected chi connectivity index (χ2v) is 11.9. The molecule has 10 nitrogen and oxygen atoms in total. The van der Waals surface area contributed by atoms with Crippen molar-refractivity contribution in [3.05, 3.63) is 51.5 Å². The SMILES string of the molecule is COc1ccc2c(c1)CCN(C1CCN(C(=O)CNC(=O)c3cc(Br)c(N)c(CN4CCCCC4)c3)CC1)C(=O)N2. The van der Waals surface area contributed by atoms with Crippen LogP contribution in [0.25, 0.3) is 0 Å². The second-order valence-electron chi connectivity index (χ2n) is 11.1. The Morgan fingerprint density at radius 2 is 1.83 bits per heavy atom. The summed E-state index contributed by atoms with van der Waals surface area (Å²) < 4.78 is 6.01. The molecule has 220 valence electrons. The predicted molar refractivity (Wildman–Crippen MR) is 162 cm³/mol. The molecule has 5 rings (SSSR count). The van der Waals surface area contributed by atoms with Crippen LogP contribution in [0.1, 0.15) is 53.6 Å². The van der Waals surface area contributed by atoms with Crippen molar-refractivity contribution >= 4 is 45.2 Å². The normalized spacial score (nSPS) is 18.3. The second kappa shape index (κ2) is 13.1. The Hall–Kier alpha value is -3.31. The predicted octanol–water partition coefficient (Wildman–Crippen LogP) is 3.84. The molecule has 0 saturated carbocycles. The van der Waals surface area contributed by atoms with Crippen LogP contribution >= 0.6 is 15.9 Å². The largest absolute Gasteiger partial charge is 0.497 e. The number of hydrogen-bond acceptors (Lipinski definition) is 6. The number of benzene rings is 2. The highest BCUT2D eigenvalue weighted by molar-refractivity contribution is 9.10. The number of ether oxygens (including phenoxy) is 1. The Balaban J connectivity index is 1.12. The number of fused-ring (bicyclic) bond motifs is 1. The van der Waals surface area contributed by atoms with Gasteiger partial charge < -0.3 is 30.9 Å². The quantitative estimate of drug-likeness (QED) is 0.402. The van der Waals surface area contributed by atoms with Gasteiger partial charge in [-0.1, -0.05) is 6.42 Å². The minimum Gasteiger partial charge on any atom is -0.497 e. The van der Waals surface area contributed by atoms with Gasteiger partial charge in [-0.2, -0.15) is 0 Å². The van der Waals surface area contributed by atoms with Crippen LogP contribution in [0.4, 0.5) is 16.2 Å². The van der Waals surface area contributed by atoms with Gasteiger partial charge in [0, 0.05) is 47.9 Å². The first-order valence-electron chi connectivity index (χ1n) is 14.4. The summed E-state index contributed by atoms with van der Waals surface area (Å²) in [5.74, 6) is 0.346. The van der Waals surface area contributed by atoms with Crippen LogP contribution in [0.3, 0.4) is 0 Å². The molecule has 4 N–H and O–H groups in total. The number of urea groups is 1. The first-order chi connectivity index (χ1) is 19.8. The molecular weight excluding hydrogens is 588 g/mol. The average Bonchev–Trinajstić information content (AvgIpc) is 3.16. The number of nitrogen functional groups attached to an aromatic ring is 1. The third-order valence-corrected chi connectivity index (χ3v) is 9.07. The maximum atomic E-state index is 13.0. The van der Waals surface area contributed by atoms with Gasteiger partial charge >= 0.3 is 6.03 Å². The van der Waals surface area contributed by atoms with Crippen molar-refractivity contribution in [1.29, 1.82) is 0 Å². The summed E-state index contributed by atoms with van der Waals surface area (Å²) >= 11 is 3.50. The van der Waals surface area contributed by atoms with E-state index in [0.29, 0.717) is 54.7 Å². The van der Waals surface area contributed by atoms with E-state index in [2.05, 4.69) is 31.5 Å². The molecule has 0 radical (unpaired) electrons. The van der Waals surface area contributed by atoms with Gasteiger partial charge in [-0.25, -0.2) is 4.79 Å². The summed E-state index contributed by atoms with van der Waals surface area (Å²) in [4.78, 5) is 45.0. The number of rotatable bonds is 7. The molecule has 4 amide bonds. The number of amides is 4. The number of methoxy groups -OCH3 is 1. The molecule has 0 unspecified atom stereocenters. The third-order valence-electron chi connectivity index (χ3n) is 8.42. The number of carbonyl (C=O) groups excluding carboxylic acids is 3. The molecule has 3 aliphatic heterocycles. The lowest BCUT2D eigenvalue weighted by Crippen LogP contribution is -2.51. The maximum absolute atomic E-state index is 13.0. The van der Waals surface area contributed by atoms with Crippen molar-refractivity contribution in [1.82, 2.24) is 20.0 Å². The fourth-order valence-electron chi connectivity index (χ4n) is 6.00. The highest BCUT2D eigenvalue weighted by atomic mass is 79.9. The zero-order valence-electron chi connectivity index (χ0n) is 23.6. The van der Waals surface area contributed by atoms with E-state index >= 15 is 0 Å². The van der Waals surface area contributed by atoms with Gasteiger partial charge in [0.25, 0.3) is 5.91 Å². The molecule has 41 heavy (non-hydrogen) atoms. The Labute approximate surface area is 249 Å². The molecule has 0 bridgehead atoms. The Morgan fingerprint density at radius 3 is 2.56 bits per heavy atom. The minimum atomic E-state index is -0.300. The number of halogens is 1. The number of nitrogens with zero attached hydrogens (tertiary/aromatic N) is 3. The monoisotopic (exact) mass is 626 g/mol. The van der Waals surface area contributed by atoms with E-state index in [-0.39, 0.29) is 30.4 Å². The number of hydrogen-bond donors (Lipinski definition) is 3. The van der Waals surface area contributed by atoms with Crippen molar-refractivity contribution in [3.8, 4) is 5.75 Å². The zero-order valence-corrected chi connectivity index (χ0v) is 25.2. The van der Waals surface area contributed by atoms with Crippen molar-refractivity contribution in [3.63, 3.8) is 0 Å². The molecule has 2 aromatic carbocycles. The van der Waals surface area contributed by atoms with Crippen molar-refractivity contribution in [2.45, 2.75) is 51.1 Å². The maximum Gasteiger partial charge on any atom is 0.322 e. The van der Waals surface area contributed by atoms with Crippen LogP contribution in [-0.2, 0) is 17.8 Å². The lowest BCUT2D eigenvalue weighted by molar-refractivity contribution is -0.131. The molecule has 2 aromatic rings. The van der Waals surface area contributed by atoms with Crippen LogP contribution in [-0.4, -0.2) is 85.0 Å². The summed E-state index contributed by atoms with van der Waals surface area (Å²) in [7, 11) is 1.63. The smallest absolute Gasteiger partial charge is 0.322 e. The average molecular weight is 628 g/mol. The van der Waals surface area contributed by atoms with E-state index < -0.39 is 0 Å². The number of piperidine rings is 2. The first-order valence-corrected chi connectivity index (χ1v) is 15.2. The number of carbonyl (C=O) groups is 3. The minimum absolute atomic E-state index is 0.0512. The van der Waals surface area contributed by atoms with Crippen LogP contribution in [0, 0.1) is 0 Å². The van der Waals surface area contributed by atoms with Gasteiger partial charge in [0.05, 0.1) is 19.3 Å². The lowest BCUT2D eigenvalue weighted by Gasteiger charge is -2.38. The van der Waals surface area contributed by atoms with E-state index in [0.717, 1.165) is 42.1 Å². The van der Waals surface area contributed by atoms with Gasteiger partial charge in [-0.3, -0.25) is 14.5 Å². The first kappa shape index (κ1) is 29.2. The molecule has 0 aromatic heterocycles. The van der Waals surface area contributed by atoms with Gasteiger partial charge in [0.1, 0.15) is 5.75 Å². The highest BCUT2D eigenvalue weighted by Gasteiger charge is 2.31. The Bertz CT molecular complexity index is 1290. The standard InChI is InChI=1S/C30H39BrN6O4/c1-41-24-5-6-26-20(16-24)7-14-37(30(40)34-26)23-8-12-36(13-9-23)27(38)18-33-29(39)21-15-22(28(32)25(31)17-21)19-35-10-3-2-4-11-35/h5-6,15-17,23H,2-4,7-14,18-19,32H2,1H3,(H,33,39)(H,34,40). The summed E-state index contributed by atoms with van der Waals surface area (Å²) in [5, 5.41) is 5.82. The topological polar surface area (TPSA) is 120 Å². The van der Waals surface area contributed by atoms with Crippen LogP contribution < -0.4 is 21.1 Å². The molecule has 11 heteroatoms. The van der Waals surface area contributed by atoms with Crippen molar-refractivity contribution in [2.75, 3.05) is 57.4 Å². The number of likely N-dealkylation sites (tertiary alicyclic amines) is 2. The van der Waals surface area contributed by atoms with Gasteiger partial charge in [0.15, 0.2) is 0 Å². The van der Waals surface area contributed by atoms with E-state index in [4.69, 9.17) is 10.5 Å². The molecule has 2 saturated heterocycles. The molecule has 0 aliphatic carbocycles. The van der Waals surface area contributed by atoms with E-state index in [9.17, 15) is 14.4 Å². The summed E-state index contributed by atoms with van der Waals surface area (Å²) in [6.07, 6.45) is 5.72. The van der Waals surface area contributed by atoms with Gasteiger partial charge in [-0.05, 0) is 103 Å². The van der Waals surface area contributed by atoms with Gasteiger partial charge in [0.2, 0.25) is 5.91 Å². The lowest BCUT2D eigenvalue weighted by atomic mass is 10.0. The van der Waals surface area contributed by atoms with Gasteiger partial charge in [-0.15, -0.1) is 0 Å². The van der Waals surface area contributed by atoms with Crippen LogP contribution in [0.5, 0.6) is 5.75 Å². The molecule has 0 spiro atoms. The number of nitrogens with two attached hydrogens (primary N) is 1. The van der Waals surface area contributed by atoms with E-state index in [1.807, 2.05) is 29.2 Å². The molecule has 3 aliphatic rings. The summed E-state index contributed by atoms with van der Waals surface area (Å²) in [5.41, 5.74) is 10.2. The molecule has 0 atom stereocenters. The third kappa shape index (κ3) is 6.95. The fourth-order valence-corrected chi connectivity index (χ4v) is 6.50. The van der Waals surface area contributed by atoms with E-state index in [1.54, 1.807) is 18.1 Å². The summed E-state index contributed by atoms with van der Waals surface area (Å²) in [6.45, 7) is 4.38.